The molecule has 0 bridgehead atoms. The van der Waals surface area contributed by atoms with Crippen molar-refractivity contribution in [1.29, 1.82) is 0 Å². The monoisotopic (exact) mass is 144 g/mol. The van der Waals surface area contributed by atoms with Gasteiger partial charge in [0.05, 0.1) is 5.76 Å². The number of hydrogen-bond acceptors (Lipinski definition) is 1. The number of aliphatic hydroxyl groups is 1. The van der Waals surface area contributed by atoms with Crippen LogP contribution < -0.4 is 0 Å². The highest BCUT2D eigenvalue weighted by atomic mass is 35.5. The predicted molar refractivity (Wildman–Crippen MR) is 38.5 cm³/mol. The van der Waals surface area contributed by atoms with Gasteiger partial charge in [-0.25, -0.2) is 0 Å². The van der Waals surface area contributed by atoms with Gasteiger partial charge in [-0.2, -0.15) is 0 Å². The SMILES string of the molecule is CC1=C(Cl)C=C(O)CC1. The minimum atomic E-state index is 0.394. The summed E-state index contributed by atoms with van der Waals surface area (Å²) in [6, 6.07) is 0. The molecule has 0 unspecified atom stereocenters. The molecule has 2 heteroatoms. The van der Waals surface area contributed by atoms with Crippen molar-refractivity contribution in [3.05, 3.63) is 22.4 Å². The highest BCUT2D eigenvalue weighted by molar-refractivity contribution is 6.31. The fourth-order valence-corrected chi connectivity index (χ4v) is 0.997. The molecule has 0 aromatic rings. The molecule has 0 heterocycles. The van der Waals surface area contributed by atoms with E-state index in [9.17, 15) is 0 Å². The van der Waals surface area contributed by atoms with Crippen molar-refractivity contribution in [3.8, 4) is 0 Å². The number of halogens is 1. The van der Waals surface area contributed by atoms with E-state index in [2.05, 4.69) is 0 Å². The second-order valence-corrected chi connectivity index (χ2v) is 2.67. The Bertz CT molecular complexity index is 179. The first-order chi connectivity index (χ1) is 4.20. The van der Waals surface area contributed by atoms with E-state index in [1.807, 2.05) is 6.92 Å². The lowest BCUT2D eigenvalue weighted by atomic mass is 10.1. The van der Waals surface area contributed by atoms with Crippen LogP contribution in [0.2, 0.25) is 0 Å². The van der Waals surface area contributed by atoms with Crippen LogP contribution in [-0.2, 0) is 0 Å². The zero-order valence-corrected chi connectivity index (χ0v) is 6.07. The number of rotatable bonds is 0. The summed E-state index contributed by atoms with van der Waals surface area (Å²) in [4.78, 5) is 0. The molecular formula is C7H9ClO. The summed E-state index contributed by atoms with van der Waals surface area (Å²) in [5.41, 5.74) is 1.16. The van der Waals surface area contributed by atoms with E-state index < -0.39 is 0 Å². The summed E-state index contributed by atoms with van der Waals surface area (Å²) >= 11 is 5.71. The van der Waals surface area contributed by atoms with Crippen molar-refractivity contribution < 1.29 is 5.11 Å². The quantitative estimate of drug-likeness (QED) is 0.554. The third-order valence-electron chi connectivity index (χ3n) is 1.46. The van der Waals surface area contributed by atoms with Crippen molar-refractivity contribution in [2.75, 3.05) is 0 Å². The molecule has 0 fully saturated rings. The Kier molecular flexibility index (Phi) is 1.81. The second kappa shape index (κ2) is 2.44. The van der Waals surface area contributed by atoms with Crippen LogP contribution in [0, 0.1) is 0 Å². The molecule has 0 aromatic heterocycles. The van der Waals surface area contributed by atoms with Crippen LogP contribution in [0.4, 0.5) is 0 Å². The van der Waals surface area contributed by atoms with Gasteiger partial charge in [0.2, 0.25) is 0 Å². The lowest BCUT2D eigenvalue weighted by molar-refractivity contribution is 0.385. The molecule has 0 amide bonds. The molecule has 1 aliphatic rings. The van der Waals surface area contributed by atoms with Gasteiger partial charge in [0.25, 0.3) is 0 Å². The Balaban J connectivity index is 2.83. The average Bonchev–Trinajstić information content (AvgIpc) is 1.80. The van der Waals surface area contributed by atoms with Crippen LogP contribution in [0.25, 0.3) is 0 Å². The summed E-state index contributed by atoms with van der Waals surface area (Å²) in [6.45, 7) is 1.98. The zero-order valence-electron chi connectivity index (χ0n) is 5.32. The smallest absolute Gasteiger partial charge is 0.0940 e. The Morgan fingerprint density at radius 3 is 2.67 bits per heavy atom. The Morgan fingerprint density at radius 1 is 1.56 bits per heavy atom. The largest absolute Gasteiger partial charge is 0.512 e. The molecule has 0 radical (unpaired) electrons. The van der Waals surface area contributed by atoms with Crippen molar-refractivity contribution >= 4 is 11.6 Å². The number of hydrogen-bond donors (Lipinski definition) is 1. The number of allylic oxidation sites excluding steroid dienone is 4. The predicted octanol–water partition coefficient (Wildman–Crippen LogP) is 2.73. The zero-order chi connectivity index (χ0) is 6.85. The van der Waals surface area contributed by atoms with Crippen LogP contribution in [0.1, 0.15) is 19.8 Å². The van der Waals surface area contributed by atoms with Gasteiger partial charge in [0, 0.05) is 11.5 Å². The third-order valence-corrected chi connectivity index (χ3v) is 1.89. The third kappa shape index (κ3) is 1.49. The Labute approximate surface area is 59.6 Å². The first kappa shape index (κ1) is 6.69. The molecule has 0 aliphatic heterocycles. The molecule has 1 rings (SSSR count). The fourth-order valence-electron chi connectivity index (χ4n) is 0.777. The molecule has 1 N–H and O–H groups in total. The Morgan fingerprint density at radius 2 is 2.22 bits per heavy atom. The summed E-state index contributed by atoms with van der Waals surface area (Å²) in [7, 11) is 0. The molecule has 1 aliphatic carbocycles. The maximum absolute atomic E-state index is 8.94. The summed E-state index contributed by atoms with van der Waals surface area (Å²) in [5, 5.41) is 9.63. The lowest BCUT2D eigenvalue weighted by Crippen LogP contribution is -1.91. The standard InChI is InChI=1S/C7H9ClO/c1-5-2-3-6(9)4-7(5)8/h4,9H,2-3H2,1H3. The van der Waals surface area contributed by atoms with Crippen LogP contribution in [-0.4, -0.2) is 5.11 Å². The van der Waals surface area contributed by atoms with Gasteiger partial charge < -0.3 is 5.11 Å². The first-order valence-electron chi connectivity index (χ1n) is 2.95. The van der Waals surface area contributed by atoms with Gasteiger partial charge in [-0.1, -0.05) is 17.2 Å². The van der Waals surface area contributed by atoms with Crippen molar-refractivity contribution in [2.45, 2.75) is 19.8 Å². The minimum absolute atomic E-state index is 0.394. The number of aliphatic hydroxyl groups excluding tert-OH is 1. The lowest BCUT2D eigenvalue weighted by Gasteiger charge is -2.08. The summed E-state index contributed by atoms with van der Waals surface area (Å²) in [6.07, 6.45) is 3.24. The van der Waals surface area contributed by atoms with E-state index in [0.29, 0.717) is 10.8 Å². The van der Waals surface area contributed by atoms with Gasteiger partial charge in [-0.3, -0.25) is 0 Å². The van der Waals surface area contributed by atoms with E-state index in [1.165, 1.54) is 0 Å². The van der Waals surface area contributed by atoms with Gasteiger partial charge >= 0.3 is 0 Å². The van der Waals surface area contributed by atoms with Crippen LogP contribution in [0.15, 0.2) is 22.4 Å². The molecule has 0 saturated heterocycles. The molecule has 0 aromatic carbocycles. The molecule has 9 heavy (non-hydrogen) atoms. The molecule has 0 saturated carbocycles. The van der Waals surface area contributed by atoms with E-state index in [0.717, 1.165) is 18.4 Å². The normalized spacial score (nSPS) is 20.0. The minimum Gasteiger partial charge on any atom is -0.512 e. The van der Waals surface area contributed by atoms with Gasteiger partial charge in [-0.15, -0.1) is 0 Å². The van der Waals surface area contributed by atoms with Crippen molar-refractivity contribution in [2.24, 2.45) is 0 Å². The highest BCUT2D eigenvalue weighted by Crippen LogP contribution is 2.24. The van der Waals surface area contributed by atoms with Gasteiger partial charge in [0.15, 0.2) is 0 Å². The topological polar surface area (TPSA) is 20.2 Å². The maximum atomic E-state index is 8.94. The van der Waals surface area contributed by atoms with Gasteiger partial charge in [0.1, 0.15) is 0 Å². The van der Waals surface area contributed by atoms with Crippen molar-refractivity contribution in [1.82, 2.24) is 0 Å². The fraction of sp³-hybridized carbons (Fsp3) is 0.429. The maximum Gasteiger partial charge on any atom is 0.0940 e. The van der Waals surface area contributed by atoms with Gasteiger partial charge in [-0.05, 0) is 19.4 Å². The van der Waals surface area contributed by atoms with E-state index >= 15 is 0 Å². The van der Waals surface area contributed by atoms with E-state index in [1.54, 1.807) is 6.08 Å². The molecule has 0 spiro atoms. The van der Waals surface area contributed by atoms with Crippen LogP contribution >= 0.6 is 11.6 Å². The van der Waals surface area contributed by atoms with E-state index in [4.69, 9.17) is 16.7 Å². The molecule has 0 atom stereocenters. The highest BCUT2D eigenvalue weighted by Gasteiger charge is 2.05. The molecular weight excluding hydrogens is 136 g/mol. The molecule has 50 valence electrons. The summed E-state index contributed by atoms with van der Waals surface area (Å²) < 4.78 is 0. The van der Waals surface area contributed by atoms with Crippen LogP contribution in [0.3, 0.4) is 0 Å². The summed E-state index contributed by atoms with van der Waals surface area (Å²) in [5.74, 6) is 0.394. The second-order valence-electron chi connectivity index (χ2n) is 2.26. The molecule has 1 nitrogen and oxygen atoms in total. The van der Waals surface area contributed by atoms with Crippen LogP contribution in [0.5, 0.6) is 0 Å². The Hall–Kier alpha value is -0.430. The van der Waals surface area contributed by atoms with E-state index in [-0.39, 0.29) is 0 Å². The average molecular weight is 145 g/mol. The first-order valence-corrected chi connectivity index (χ1v) is 3.33. The van der Waals surface area contributed by atoms with Crippen molar-refractivity contribution in [3.63, 3.8) is 0 Å².